The average molecular weight is 363 g/mol. The molecule has 0 heterocycles. The fraction of sp³-hybridized carbons (Fsp3) is 0.538. The fourth-order valence-corrected chi connectivity index (χ4v) is 3.19. The van der Waals surface area contributed by atoms with Crippen molar-refractivity contribution in [3.05, 3.63) is 21.1 Å². The van der Waals surface area contributed by atoms with Crippen molar-refractivity contribution >= 4 is 37.5 Å². The number of phenols is 1. The van der Waals surface area contributed by atoms with Crippen molar-refractivity contribution in [2.24, 2.45) is 5.92 Å². The van der Waals surface area contributed by atoms with Gasteiger partial charge in [0.25, 0.3) is 0 Å². The Morgan fingerprint density at radius 2 is 2.06 bits per heavy atom. The van der Waals surface area contributed by atoms with E-state index >= 15 is 0 Å². The highest BCUT2D eigenvalue weighted by molar-refractivity contribution is 9.11. The summed E-state index contributed by atoms with van der Waals surface area (Å²) in [5.41, 5.74) is 0.931. The van der Waals surface area contributed by atoms with Crippen LogP contribution >= 0.6 is 31.9 Å². The van der Waals surface area contributed by atoms with Crippen LogP contribution in [0.15, 0.2) is 21.1 Å². The van der Waals surface area contributed by atoms with Gasteiger partial charge in [-0.25, -0.2) is 0 Å². The Hall–Kier alpha value is -0.220. The van der Waals surface area contributed by atoms with Crippen LogP contribution in [-0.4, -0.2) is 18.2 Å². The van der Waals surface area contributed by atoms with E-state index < -0.39 is 0 Å². The number of aromatic hydroxyl groups is 1. The maximum Gasteiger partial charge on any atom is 0.153 e. The molecule has 1 saturated carbocycles. The van der Waals surface area contributed by atoms with Crippen LogP contribution < -0.4 is 4.90 Å². The SMILES string of the molecule is CCCN(CC1CC1)c1cc(Br)cc(Br)c1O. The summed E-state index contributed by atoms with van der Waals surface area (Å²) >= 11 is 6.87. The Bertz CT molecular complexity index is 405. The van der Waals surface area contributed by atoms with Gasteiger partial charge in [0.15, 0.2) is 5.75 Å². The first-order valence-corrected chi connectivity index (χ1v) is 7.63. The summed E-state index contributed by atoms with van der Waals surface area (Å²) in [4.78, 5) is 2.29. The molecule has 4 heteroatoms. The normalized spacial score (nSPS) is 15.0. The molecular formula is C13H17Br2NO. The summed E-state index contributed by atoms with van der Waals surface area (Å²) in [5, 5.41) is 10.1. The molecule has 0 unspecified atom stereocenters. The van der Waals surface area contributed by atoms with Gasteiger partial charge in [0.05, 0.1) is 10.2 Å². The van der Waals surface area contributed by atoms with Gasteiger partial charge in [-0.05, 0) is 53.2 Å². The maximum absolute atomic E-state index is 10.1. The molecule has 0 aromatic heterocycles. The second kappa shape index (κ2) is 5.61. The number of hydrogen-bond donors (Lipinski definition) is 1. The van der Waals surface area contributed by atoms with Crippen molar-refractivity contribution in [2.75, 3.05) is 18.0 Å². The molecule has 0 spiro atoms. The molecule has 1 aromatic carbocycles. The second-order valence-corrected chi connectivity index (χ2v) is 6.41. The van der Waals surface area contributed by atoms with E-state index in [-0.39, 0.29) is 0 Å². The van der Waals surface area contributed by atoms with Crippen molar-refractivity contribution in [1.29, 1.82) is 0 Å². The third-order valence-corrected chi connectivity index (χ3v) is 4.08. The Balaban J connectivity index is 2.26. The van der Waals surface area contributed by atoms with E-state index in [1.807, 2.05) is 12.1 Å². The van der Waals surface area contributed by atoms with E-state index in [2.05, 4.69) is 43.7 Å². The molecule has 0 radical (unpaired) electrons. The van der Waals surface area contributed by atoms with Crippen LogP contribution in [-0.2, 0) is 0 Å². The van der Waals surface area contributed by atoms with Crippen LogP contribution in [0.5, 0.6) is 5.75 Å². The van der Waals surface area contributed by atoms with E-state index in [1.54, 1.807) is 0 Å². The third-order valence-electron chi connectivity index (χ3n) is 3.02. The van der Waals surface area contributed by atoms with E-state index in [0.29, 0.717) is 5.75 Å². The minimum Gasteiger partial charge on any atom is -0.505 e. The van der Waals surface area contributed by atoms with Crippen molar-refractivity contribution in [1.82, 2.24) is 0 Å². The van der Waals surface area contributed by atoms with Gasteiger partial charge in [0, 0.05) is 17.6 Å². The molecule has 94 valence electrons. The molecule has 1 fully saturated rings. The highest BCUT2D eigenvalue weighted by Crippen LogP contribution is 2.40. The molecule has 0 saturated heterocycles. The minimum absolute atomic E-state index is 0.349. The quantitative estimate of drug-likeness (QED) is 0.830. The lowest BCUT2D eigenvalue weighted by Crippen LogP contribution is -2.26. The van der Waals surface area contributed by atoms with Crippen LogP contribution in [0.2, 0.25) is 0 Å². The van der Waals surface area contributed by atoms with Crippen molar-refractivity contribution in [2.45, 2.75) is 26.2 Å². The zero-order valence-corrected chi connectivity index (χ0v) is 13.1. The van der Waals surface area contributed by atoms with Crippen molar-refractivity contribution in [3.8, 4) is 5.75 Å². The minimum atomic E-state index is 0.349. The van der Waals surface area contributed by atoms with Crippen molar-refractivity contribution in [3.63, 3.8) is 0 Å². The number of hydrogen-bond acceptors (Lipinski definition) is 2. The van der Waals surface area contributed by atoms with Gasteiger partial charge in [0.1, 0.15) is 0 Å². The first-order valence-electron chi connectivity index (χ1n) is 6.04. The molecular weight excluding hydrogens is 346 g/mol. The summed E-state index contributed by atoms with van der Waals surface area (Å²) in [5.74, 6) is 1.17. The third kappa shape index (κ3) is 3.38. The number of phenolic OH excluding ortho intramolecular Hbond substituents is 1. The van der Waals surface area contributed by atoms with E-state index in [4.69, 9.17) is 0 Å². The lowest BCUT2D eigenvalue weighted by Gasteiger charge is -2.25. The van der Waals surface area contributed by atoms with E-state index in [0.717, 1.165) is 40.1 Å². The Morgan fingerprint density at radius 3 is 2.65 bits per heavy atom. The van der Waals surface area contributed by atoms with Gasteiger partial charge in [-0.2, -0.15) is 0 Å². The molecule has 0 aliphatic heterocycles. The molecule has 1 N–H and O–H groups in total. The molecule has 1 aliphatic carbocycles. The Morgan fingerprint density at radius 1 is 1.35 bits per heavy atom. The van der Waals surface area contributed by atoms with Crippen LogP contribution in [0.1, 0.15) is 26.2 Å². The zero-order chi connectivity index (χ0) is 12.4. The van der Waals surface area contributed by atoms with Crippen LogP contribution in [0.4, 0.5) is 5.69 Å². The number of halogens is 2. The maximum atomic E-state index is 10.1. The molecule has 0 amide bonds. The highest BCUT2D eigenvalue weighted by Gasteiger charge is 2.25. The summed E-state index contributed by atoms with van der Waals surface area (Å²) in [6, 6.07) is 3.87. The van der Waals surface area contributed by atoms with Gasteiger partial charge in [-0.1, -0.05) is 22.9 Å². The topological polar surface area (TPSA) is 23.5 Å². The van der Waals surface area contributed by atoms with Crippen LogP contribution in [0, 0.1) is 5.92 Å². The monoisotopic (exact) mass is 361 g/mol. The molecule has 2 rings (SSSR count). The van der Waals surface area contributed by atoms with Crippen molar-refractivity contribution < 1.29 is 5.11 Å². The number of nitrogens with zero attached hydrogens (tertiary/aromatic N) is 1. The molecule has 2 nitrogen and oxygen atoms in total. The smallest absolute Gasteiger partial charge is 0.153 e. The van der Waals surface area contributed by atoms with Crippen LogP contribution in [0.25, 0.3) is 0 Å². The Kier molecular flexibility index (Phi) is 4.36. The molecule has 1 aromatic rings. The largest absolute Gasteiger partial charge is 0.505 e. The molecule has 0 atom stereocenters. The molecule has 0 bridgehead atoms. The fourth-order valence-electron chi connectivity index (χ4n) is 1.99. The lowest BCUT2D eigenvalue weighted by molar-refractivity contribution is 0.469. The van der Waals surface area contributed by atoms with E-state index in [9.17, 15) is 5.11 Å². The summed E-state index contributed by atoms with van der Waals surface area (Å²) < 4.78 is 1.74. The molecule has 1 aliphatic rings. The average Bonchev–Trinajstić information content (AvgIpc) is 3.07. The number of rotatable bonds is 5. The summed E-state index contributed by atoms with van der Waals surface area (Å²) in [6.07, 6.45) is 3.75. The first-order chi connectivity index (χ1) is 8.11. The highest BCUT2D eigenvalue weighted by atomic mass is 79.9. The van der Waals surface area contributed by atoms with Gasteiger partial charge in [-0.15, -0.1) is 0 Å². The predicted octanol–water partition coefficient (Wildman–Crippen LogP) is 4.54. The van der Waals surface area contributed by atoms with E-state index in [1.165, 1.54) is 12.8 Å². The summed E-state index contributed by atoms with van der Waals surface area (Å²) in [6.45, 7) is 4.22. The summed E-state index contributed by atoms with van der Waals surface area (Å²) in [7, 11) is 0. The predicted molar refractivity (Wildman–Crippen MR) is 78.7 cm³/mol. The number of benzene rings is 1. The number of anilines is 1. The second-order valence-electron chi connectivity index (χ2n) is 4.64. The molecule has 17 heavy (non-hydrogen) atoms. The van der Waals surface area contributed by atoms with Gasteiger partial charge in [0.2, 0.25) is 0 Å². The van der Waals surface area contributed by atoms with Crippen LogP contribution in [0.3, 0.4) is 0 Å². The van der Waals surface area contributed by atoms with Gasteiger partial charge < -0.3 is 10.0 Å². The van der Waals surface area contributed by atoms with Gasteiger partial charge >= 0.3 is 0 Å². The lowest BCUT2D eigenvalue weighted by atomic mass is 10.2. The first kappa shape index (κ1) is 13.2. The standard InChI is InChI=1S/C13H17Br2NO/c1-2-5-16(8-9-3-4-9)12-7-10(14)6-11(15)13(12)17/h6-7,9,17H,2-5,8H2,1H3. The van der Waals surface area contributed by atoms with Gasteiger partial charge in [-0.3, -0.25) is 0 Å². The Labute approximate surface area is 119 Å². The zero-order valence-electron chi connectivity index (χ0n) is 9.92.